The van der Waals surface area contributed by atoms with Crippen molar-refractivity contribution in [3.05, 3.63) is 71.5 Å². The monoisotopic (exact) mass is 374 g/mol. The van der Waals surface area contributed by atoms with Crippen LogP contribution in [-0.4, -0.2) is 45.2 Å². The fraction of sp³-hybridized carbons (Fsp3) is 0.318. The van der Waals surface area contributed by atoms with Crippen molar-refractivity contribution in [2.45, 2.75) is 25.7 Å². The van der Waals surface area contributed by atoms with Crippen molar-refractivity contribution >= 4 is 11.4 Å². The maximum absolute atomic E-state index is 8.40. The molecule has 0 aliphatic carbocycles. The first kappa shape index (κ1) is 18.4. The Kier molecular flexibility index (Phi) is 5.48. The van der Waals surface area contributed by atoms with Gasteiger partial charge < -0.3 is 10.6 Å². The van der Waals surface area contributed by atoms with Crippen molar-refractivity contribution < 1.29 is 0 Å². The molecule has 144 valence electrons. The highest BCUT2D eigenvalue weighted by Gasteiger charge is 2.13. The number of nitrogens with zero attached hydrogens (tertiary/aromatic N) is 4. The molecule has 28 heavy (non-hydrogen) atoms. The van der Waals surface area contributed by atoms with E-state index in [9.17, 15) is 0 Å². The van der Waals surface area contributed by atoms with E-state index in [0.29, 0.717) is 16.9 Å². The topological polar surface area (TPSA) is 83.8 Å². The van der Waals surface area contributed by atoms with E-state index in [4.69, 9.17) is 11.1 Å². The SMILES string of the molecule is N=C(c1cn(-c2cccc(CCCN3CCCC3)c2)nn1)c1ccccc1N. The molecule has 0 atom stereocenters. The molecule has 6 heteroatoms. The number of nitrogens with one attached hydrogen (secondary N) is 1. The van der Waals surface area contributed by atoms with Crippen molar-refractivity contribution in [3.63, 3.8) is 0 Å². The number of anilines is 1. The van der Waals surface area contributed by atoms with Gasteiger partial charge >= 0.3 is 0 Å². The molecule has 0 amide bonds. The van der Waals surface area contributed by atoms with Crippen LogP contribution in [0.1, 0.15) is 36.1 Å². The summed E-state index contributed by atoms with van der Waals surface area (Å²) >= 11 is 0. The number of para-hydroxylation sites is 1. The molecule has 0 bridgehead atoms. The zero-order chi connectivity index (χ0) is 19.3. The molecule has 0 unspecified atom stereocenters. The van der Waals surface area contributed by atoms with Gasteiger partial charge in [-0.25, -0.2) is 4.68 Å². The summed E-state index contributed by atoms with van der Waals surface area (Å²) < 4.78 is 1.73. The second-order valence-electron chi connectivity index (χ2n) is 7.33. The molecule has 1 saturated heterocycles. The molecule has 0 saturated carbocycles. The molecule has 6 nitrogen and oxygen atoms in total. The van der Waals surface area contributed by atoms with E-state index in [-0.39, 0.29) is 5.71 Å². The summed E-state index contributed by atoms with van der Waals surface area (Å²) in [4.78, 5) is 2.55. The Morgan fingerprint density at radius 3 is 2.71 bits per heavy atom. The number of nitrogens with two attached hydrogens (primary N) is 1. The molecule has 2 aromatic carbocycles. The van der Waals surface area contributed by atoms with Crippen molar-refractivity contribution in [3.8, 4) is 5.69 Å². The van der Waals surface area contributed by atoms with Gasteiger partial charge in [0.15, 0.2) is 0 Å². The number of aryl methyl sites for hydroxylation is 1. The second-order valence-corrected chi connectivity index (χ2v) is 7.33. The van der Waals surface area contributed by atoms with E-state index in [0.717, 1.165) is 12.1 Å². The summed E-state index contributed by atoms with van der Waals surface area (Å²) in [6.45, 7) is 3.67. The van der Waals surface area contributed by atoms with E-state index in [1.807, 2.05) is 24.3 Å². The molecule has 3 N–H and O–H groups in total. The van der Waals surface area contributed by atoms with Crippen LogP contribution in [0.2, 0.25) is 0 Å². The minimum Gasteiger partial charge on any atom is -0.398 e. The number of likely N-dealkylation sites (tertiary alicyclic amines) is 1. The Balaban J connectivity index is 1.44. The predicted octanol–water partition coefficient (Wildman–Crippen LogP) is 3.29. The van der Waals surface area contributed by atoms with E-state index >= 15 is 0 Å². The van der Waals surface area contributed by atoms with Gasteiger partial charge in [0.1, 0.15) is 5.69 Å². The van der Waals surface area contributed by atoms with Crippen LogP contribution >= 0.6 is 0 Å². The first-order valence-electron chi connectivity index (χ1n) is 9.88. The molecule has 1 fully saturated rings. The van der Waals surface area contributed by atoms with Crippen LogP contribution in [0.3, 0.4) is 0 Å². The highest BCUT2D eigenvalue weighted by atomic mass is 15.4. The lowest BCUT2D eigenvalue weighted by Crippen LogP contribution is -2.20. The van der Waals surface area contributed by atoms with Gasteiger partial charge in [-0.05, 0) is 69.1 Å². The summed E-state index contributed by atoms with van der Waals surface area (Å²) in [6.07, 6.45) is 6.70. The predicted molar refractivity (Wildman–Crippen MR) is 112 cm³/mol. The first-order chi connectivity index (χ1) is 13.7. The molecule has 1 aliphatic rings. The van der Waals surface area contributed by atoms with Gasteiger partial charge in [-0.2, -0.15) is 0 Å². The van der Waals surface area contributed by atoms with Gasteiger partial charge in [-0.1, -0.05) is 35.5 Å². The molecule has 3 aromatic rings. The average molecular weight is 374 g/mol. The average Bonchev–Trinajstić information content (AvgIpc) is 3.40. The van der Waals surface area contributed by atoms with Crippen molar-refractivity contribution in [1.29, 1.82) is 5.41 Å². The van der Waals surface area contributed by atoms with Crippen molar-refractivity contribution in [2.75, 3.05) is 25.4 Å². The van der Waals surface area contributed by atoms with Gasteiger partial charge in [0.2, 0.25) is 0 Å². The number of hydrogen-bond donors (Lipinski definition) is 2. The number of hydrogen-bond acceptors (Lipinski definition) is 5. The summed E-state index contributed by atoms with van der Waals surface area (Å²) in [5.41, 5.74) is 10.3. The number of nitrogen functional groups attached to an aromatic ring is 1. The largest absolute Gasteiger partial charge is 0.398 e. The summed E-state index contributed by atoms with van der Waals surface area (Å²) in [6, 6.07) is 15.7. The first-order valence-corrected chi connectivity index (χ1v) is 9.88. The van der Waals surface area contributed by atoms with Crippen LogP contribution in [0, 0.1) is 5.41 Å². The molecular formula is C22H26N6. The zero-order valence-electron chi connectivity index (χ0n) is 16.0. The lowest BCUT2D eigenvalue weighted by molar-refractivity contribution is 0.334. The van der Waals surface area contributed by atoms with E-state index in [1.54, 1.807) is 16.9 Å². The molecule has 2 heterocycles. The summed E-state index contributed by atoms with van der Waals surface area (Å²) in [5, 5.41) is 16.8. The number of aromatic nitrogens is 3. The lowest BCUT2D eigenvalue weighted by Gasteiger charge is -2.14. The maximum Gasteiger partial charge on any atom is 0.131 e. The lowest BCUT2D eigenvalue weighted by atomic mass is 10.1. The van der Waals surface area contributed by atoms with E-state index < -0.39 is 0 Å². The number of benzene rings is 2. The zero-order valence-corrected chi connectivity index (χ0v) is 16.0. The van der Waals surface area contributed by atoms with Gasteiger partial charge in [0.25, 0.3) is 0 Å². The van der Waals surface area contributed by atoms with E-state index in [2.05, 4.69) is 33.4 Å². The van der Waals surface area contributed by atoms with Crippen LogP contribution < -0.4 is 5.73 Å². The molecule has 0 spiro atoms. The third-order valence-corrected chi connectivity index (χ3v) is 5.29. The normalized spacial score (nSPS) is 14.4. The molecule has 4 rings (SSSR count). The van der Waals surface area contributed by atoms with Crippen LogP contribution in [0.25, 0.3) is 5.69 Å². The third kappa shape index (κ3) is 4.12. The Labute approximate surface area is 165 Å². The Bertz CT molecular complexity index is 955. The smallest absolute Gasteiger partial charge is 0.131 e. The maximum atomic E-state index is 8.40. The minimum atomic E-state index is 0.283. The van der Waals surface area contributed by atoms with Gasteiger partial charge in [0.05, 0.1) is 17.6 Å². The molecule has 0 radical (unpaired) electrons. The minimum absolute atomic E-state index is 0.283. The van der Waals surface area contributed by atoms with Gasteiger partial charge in [0, 0.05) is 11.3 Å². The fourth-order valence-corrected chi connectivity index (χ4v) is 3.73. The van der Waals surface area contributed by atoms with Crippen molar-refractivity contribution in [2.24, 2.45) is 0 Å². The molecule has 1 aromatic heterocycles. The Hall–Kier alpha value is -2.99. The molecular weight excluding hydrogens is 348 g/mol. The van der Waals surface area contributed by atoms with Crippen molar-refractivity contribution in [1.82, 2.24) is 19.9 Å². The van der Waals surface area contributed by atoms with Crippen LogP contribution in [0.5, 0.6) is 0 Å². The Morgan fingerprint density at radius 1 is 1.07 bits per heavy atom. The fourth-order valence-electron chi connectivity index (χ4n) is 3.73. The second kappa shape index (κ2) is 8.35. The summed E-state index contributed by atoms with van der Waals surface area (Å²) in [7, 11) is 0. The van der Waals surface area contributed by atoms with Gasteiger partial charge in [-0.3, -0.25) is 5.41 Å². The third-order valence-electron chi connectivity index (χ3n) is 5.29. The quantitative estimate of drug-likeness (QED) is 0.491. The van der Waals surface area contributed by atoms with E-state index in [1.165, 1.54) is 44.5 Å². The highest BCUT2D eigenvalue weighted by Crippen LogP contribution is 2.17. The van der Waals surface area contributed by atoms with Crippen LogP contribution in [-0.2, 0) is 6.42 Å². The Morgan fingerprint density at radius 2 is 1.89 bits per heavy atom. The highest BCUT2D eigenvalue weighted by molar-refractivity contribution is 6.12. The van der Waals surface area contributed by atoms with Gasteiger partial charge in [-0.15, -0.1) is 5.10 Å². The number of rotatable bonds is 7. The van der Waals surface area contributed by atoms with Crippen LogP contribution in [0.15, 0.2) is 54.7 Å². The standard InChI is InChI=1S/C22H26N6/c23-20-11-2-1-10-19(20)22(24)21-16-28(26-25-21)18-9-5-7-17(15-18)8-6-14-27-12-3-4-13-27/h1-2,5,7,9-11,15-16,24H,3-4,6,8,12-14,23H2. The summed E-state index contributed by atoms with van der Waals surface area (Å²) in [5.74, 6) is 0. The van der Waals surface area contributed by atoms with Crippen LogP contribution in [0.4, 0.5) is 5.69 Å². The molecule has 1 aliphatic heterocycles.